The van der Waals surface area contributed by atoms with E-state index >= 15 is 0 Å². The van der Waals surface area contributed by atoms with Gasteiger partial charge in [0.1, 0.15) is 0 Å². The molecule has 0 fully saturated rings. The highest BCUT2D eigenvalue weighted by atomic mass is 16.5. The molecule has 1 atom stereocenters. The van der Waals surface area contributed by atoms with Crippen LogP contribution in [0.4, 0.5) is 4.79 Å². The van der Waals surface area contributed by atoms with Crippen LogP contribution < -0.4 is 20.1 Å². The molecule has 0 saturated heterocycles. The van der Waals surface area contributed by atoms with Crippen LogP contribution >= 0.6 is 0 Å². The van der Waals surface area contributed by atoms with Crippen molar-refractivity contribution in [2.75, 3.05) is 19.8 Å². The number of rotatable bonds is 5. The molecule has 2 aromatic rings. The molecule has 3 rings (SSSR count). The van der Waals surface area contributed by atoms with Crippen LogP contribution in [-0.4, -0.2) is 35.3 Å². The van der Waals surface area contributed by atoms with Gasteiger partial charge >= 0.3 is 6.03 Å². The first-order valence-corrected chi connectivity index (χ1v) is 8.12. The third-order valence-electron chi connectivity index (χ3n) is 3.83. The molecule has 24 heavy (non-hydrogen) atoms. The Kier molecular flexibility index (Phi) is 5.20. The number of nitrogens with zero attached hydrogens (tertiary/aromatic N) is 2. The minimum atomic E-state index is -0.199. The first kappa shape index (κ1) is 16.2. The van der Waals surface area contributed by atoms with Gasteiger partial charge in [0.25, 0.3) is 0 Å². The Balaban J connectivity index is 1.51. The second-order valence-electron chi connectivity index (χ2n) is 5.68. The van der Waals surface area contributed by atoms with Gasteiger partial charge < -0.3 is 24.7 Å². The lowest BCUT2D eigenvalue weighted by Gasteiger charge is -2.17. The van der Waals surface area contributed by atoms with Gasteiger partial charge in [-0.05, 0) is 24.6 Å². The predicted molar refractivity (Wildman–Crippen MR) is 89.2 cm³/mol. The van der Waals surface area contributed by atoms with Gasteiger partial charge in [-0.1, -0.05) is 6.07 Å². The topological polar surface area (TPSA) is 77.4 Å². The summed E-state index contributed by atoms with van der Waals surface area (Å²) in [7, 11) is 0. The highest BCUT2D eigenvalue weighted by molar-refractivity contribution is 5.74. The molecular formula is C17H22N4O3. The first-order chi connectivity index (χ1) is 11.7. The SMILES string of the molecule is C[C@H](NC(=O)NCCn1ccnc1)c1ccc2c(c1)OCCCO2. The normalized spacial score (nSPS) is 14.5. The van der Waals surface area contributed by atoms with E-state index in [1.807, 2.05) is 35.9 Å². The molecule has 2 heterocycles. The molecule has 128 valence electrons. The van der Waals surface area contributed by atoms with E-state index in [1.54, 1.807) is 12.5 Å². The average molecular weight is 330 g/mol. The summed E-state index contributed by atoms with van der Waals surface area (Å²) in [4.78, 5) is 16.0. The summed E-state index contributed by atoms with van der Waals surface area (Å²) in [6.45, 7) is 4.48. The molecule has 2 N–H and O–H groups in total. The monoisotopic (exact) mass is 330 g/mol. The lowest BCUT2D eigenvalue weighted by molar-refractivity contribution is 0.237. The molecule has 0 radical (unpaired) electrons. The van der Waals surface area contributed by atoms with Crippen molar-refractivity contribution >= 4 is 6.03 Å². The number of imidazole rings is 1. The van der Waals surface area contributed by atoms with Crippen LogP contribution in [-0.2, 0) is 6.54 Å². The number of benzene rings is 1. The van der Waals surface area contributed by atoms with Crippen molar-refractivity contribution in [3.05, 3.63) is 42.5 Å². The van der Waals surface area contributed by atoms with E-state index in [-0.39, 0.29) is 12.1 Å². The van der Waals surface area contributed by atoms with E-state index in [1.165, 1.54) is 0 Å². The minimum absolute atomic E-state index is 0.129. The van der Waals surface area contributed by atoms with Gasteiger partial charge in [0, 0.05) is 31.9 Å². The Hall–Kier alpha value is -2.70. The summed E-state index contributed by atoms with van der Waals surface area (Å²) < 4.78 is 13.2. The maximum Gasteiger partial charge on any atom is 0.315 e. The smallest absolute Gasteiger partial charge is 0.315 e. The van der Waals surface area contributed by atoms with Crippen molar-refractivity contribution in [3.63, 3.8) is 0 Å². The van der Waals surface area contributed by atoms with Crippen molar-refractivity contribution in [1.82, 2.24) is 20.2 Å². The molecule has 2 amide bonds. The van der Waals surface area contributed by atoms with Crippen LogP contribution in [0.1, 0.15) is 24.9 Å². The fourth-order valence-corrected chi connectivity index (χ4v) is 2.50. The van der Waals surface area contributed by atoms with Crippen LogP contribution in [0.5, 0.6) is 11.5 Å². The Morgan fingerprint density at radius 1 is 1.33 bits per heavy atom. The van der Waals surface area contributed by atoms with Crippen LogP contribution in [0.3, 0.4) is 0 Å². The Morgan fingerprint density at radius 2 is 2.17 bits per heavy atom. The summed E-state index contributed by atoms with van der Waals surface area (Å²) in [5.74, 6) is 1.49. The summed E-state index contributed by atoms with van der Waals surface area (Å²) in [6.07, 6.45) is 6.17. The highest BCUT2D eigenvalue weighted by Crippen LogP contribution is 2.32. The van der Waals surface area contributed by atoms with E-state index in [2.05, 4.69) is 15.6 Å². The molecule has 0 aliphatic carbocycles. The van der Waals surface area contributed by atoms with Crippen molar-refractivity contribution in [2.45, 2.75) is 25.9 Å². The lowest BCUT2D eigenvalue weighted by Crippen LogP contribution is -2.38. The van der Waals surface area contributed by atoms with Gasteiger partial charge in [-0.15, -0.1) is 0 Å². The van der Waals surface area contributed by atoms with Gasteiger partial charge in [0.2, 0.25) is 0 Å². The van der Waals surface area contributed by atoms with Crippen LogP contribution in [0.15, 0.2) is 36.9 Å². The van der Waals surface area contributed by atoms with Gasteiger partial charge in [0.05, 0.1) is 25.6 Å². The Bertz CT molecular complexity index is 672. The van der Waals surface area contributed by atoms with Gasteiger partial charge in [-0.25, -0.2) is 9.78 Å². The number of hydrogen-bond acceptors (Lipinski definition) is 4. The number of nitrogens with one attached hydrogen (secondary N) is 2. The molecule has 0 saturated carbocycles. The molecule has 0 unspecified atom stereocenters. The van der Waals surface area contributed by atoms with Crippen molar-refractivity contribution in [2.24, 2.45) is 0 Å². The summed E-state index contributed by atoms with van der Waals surface area (Å²) >= 11 is 0. The number of aromatic nitrogens is 2. The molecular weight excluding hydrogens is 308 g/mol. The number of amides is 2. The van der Waals surface area contributed by atoms with E-state index in [0.29, 0.717) is 26.3 Å². The average Bonchev–Trinajstić information content (AvgIpc) is 2.98. The number of urea groups is 1. The molecule has 0 bridgehead atoms. The zero-order valence-electron chi connectivity index (χ0n) is 13.7. The van der Waals surface area contributed by atoms with Crippen molar-refractivity contribution in [1.29, 1.82) is 0 Å². The van der Waals surface area contributed by atoms with Crippen LogP contribution in [0.2, 0.25) is 0 Å². The van der Waals surface area contributed by atoms with Gasteiger partial charge in [-0.2, -0.15) is 0 Å². The zero-order valence-corrected chi connectivity index (χ0v) is 13.7. The molecule has 0 spiro atoms. The maximum atomic E-state index is 12.0. The fourth-order valence-electron chi connectivity index (χ4n) is 2.50. The number of carbonyl (C=O) groups is 1. The summed E-state index contributed by atoms with van der Waals surface area (Å²) in [6, 6.07) is 5.44. The quantitative estimate of drug-likeness (QED) is 0.880. The Labute approximate surface area is 141 Å². The maximum absolute atomic E-state index is 12.0. The lowest BCUT2D eigenvalue weighted by atomic mass is 10.1. The van der Waals surface area contributed by atoms with Gasteiger partial charge in [-0.3, -0.25) is 0 Å². The standard InChI is InChI=1S/C17H22N4O3/c1-13(20-17(22)19-6-8-21-7-5-18-12-21)14-3-4-15-16(11-14)24-10-2-9-23-15/h3-5,7,11-13H,2,6,8-10H2,1H3,(H2,19,20,22)/t13-/m0/s1. The molecule has 1 aromatic carbocycles. The fraction of sp³-hybridized carbons (Fsp3) is 0.412. The third kappa shape index (κ3) is 4.18. The van der Waals surface area contributed by atoms with E-state index in [9.17, 15) is 4.79 Å². The molecule has 1 aliphatic heterocycles. The first-order valence-electron chi connectivity index (χ1n) is 8.12. The molecule has 1 aliphatic rings. The Morgan fingerprint density at radius 3 is 2.96 bits per heavy atom. The minimum Gasteiger partial charge on any atom is -0.490 e. The van der Waals surface area contributed by atoms with Crippen molar-refractivity contribution < 1.29 is 14.3 Å². The van der Waals surface area contributed by atoms with Crippen LogP contribution in [0.25, 0.3) is 0 Å². The molecule has 7 nitrogen and oxygen atoms in total. The largest absolute Gasteiger partial charge is 0.490 e. The predicted octanol–water partition coefficient (Wildman–Crippen LogP) is 2.10. The number of fused-ring (bicyclic) bond motifs is 1. The van der Waals surface area contributed by atoms with Gasteiger partial charge in [0.15, 0.2) is 11.5 Å². The zero-order chi connectivity index (χ0) is 16.8. The van der Waals surface area contributed by atoms with Crippen molar-refractivity contribution in [3.8, 4) is 11.5 Å². The second-order valence-corrected chi connectivity index (χ2v) is 5.68. The van der Waals surface area contributed by atoms with E-state index < -0.39 is 0 Å². The number of carbonyl (C=O) groups excluding carboxylic acids is 1. The summed E-state index contributed by atoms with van der Waals surface area (Å²) in [5.41, 5.74) is 0.976. The third-order valence-corrected chi connectivity index (χ3v) is 3.83. The summed E-state index contributed by atoms with van der Waals surface area (Å²) in [5, 5.41) is 5.77. The van der Waals surface area contributed by atoms with E-state index in [0.717, 1.165) is 23.5 Å². The number of hydrogen-bond donors (Lipinski definition) is 2. The van der Waals surface area contributed by atoms with Crippen LogP contribution in [0, 0.1) is 0 Å². The molecule has 7 heteroatoms. The second kappa shape index (κ2) is 7.72. The molecule has 1 aromatic heterocycles. The van der Waals surface area contributed by atoms with E-state index in [4.69, 9.17) is 9.47 Å². The number of ether oxygens (including phenoxy) is 2. The highest BCUT2D eigenvalue weighted by Gasteiger charge is 2.15.